The zero-order valence-electron chi connectivity index (χ0n) is 10.6. The summed E-state index contributed by atoms with van der Waals surface area (Å²) in [5.74, 6) is -1.28. The fourth-order valence-electron chi connectivity index (χ4n) is 2.50. The number of hydrogen-bond acceptors (Lipinski definition) is 2. The standard InChI is InChI=1S/C15H12F2N2S/c16-12-5-11(15(18)20)6-13(17)14(12)19-7-9-3-1-2-4-10(9)8-19/h1-6H,7-8H2,(H2,18,20). The quantitative estimate of drug-likeness (QED) is 0.862. The molecule has 1 heterocycles. The average molecular weight is 290 g/mol. The molecule has 20 heavy (non-hydrogen) atoms. The Hall–Kier alpha value is -2.01. The van der Waals surface area contributed by atoms with E-state index >= 15 is 0 Å². The molecule has 102 valence electrons. The van der Waals surface area contributed by atoms with Crippen LogP contribution in [-0.2, 0) is 13.1 Å². The summed E-state index contributed by atoms with van der Waals surface area (Å²) in [6, 6.07) is 10.1. The molecule has 0 saturated heterocycles. The molecule has 0 bridgehead atoms. The Morgan fingerprint density at radius 2 is 1.55 bits per heavy atom. The normalized spacial score (nSPS) is 13.4. The van der Waals surface area contributed by atoms with E-state index in [1.807, 2.05) is 24.3 Å². The maximum absolute atomic E-state index is 14.1. The lowest BCUT2D eigenvalue weighted by molar-refractivity contribution is 0.572. The third-order valence-electron chi connectivity index (χ3n) is 3.46. The highest BCUT2D eigenvalue weighted by Gasteiger charge is 2.24. The molecule has 0 amide bonds. The molecule has 2 nitrogen and oxygen atoms in total. The van der Waals surface area contributed by atoms with Gasteiger partial charge in [-0.1, -0.05) is 36.5 Å². The van der Waals surface area contributed by atoms with Crippen LogP contribution in [0.25, 0.3) is 0 Å². The van der Waals surface area contributed by atoms with Gasteiger partial charge in [-0.3, -0.25) is 0 Å². The number of nitrogens with two attached hydrogens (primary N) is 1. The van der Waals surface area contributed by atoms with Crippen molar-refractivity contribution in [1.82, 2.24) is 0 Å². The molecule has 0 aliphatic carbocycles. The summed E-state index contributed by atoms with van der Waals surface area (Å²) in [7, 11) is 0. The van der Waals surface area contributed by atoms with E-state index < -0.39 is 11.6 Å². The highest BCUT2D eigenvalue weighted by Crippen LogP contribution is 2.32. The summed E-state index contributed by atoms with van der Waals surface area (Å²) in [5, 5.41) is 0. The first-order valence-electron chi connectivity index (χ1n) is 6.17. The molecule has 1 aliphatic heterocycles. The van der Waals surface area contributed by atoms with Gasteiger partial charge in [0.2, 0.25) is 0 Å². The van der Waals surface area contributed by atoms with Gasteiger partial charge in [0.1, 0.15) is 22.3 Å². The minimum absolute atomic E-state index is 0.0148. The van der Waals surface area contributed by atoms with Crippen molar-refractivity contribution in [2.75, 3.05) is 4.90 Å². The highest BCUT2D eigenvalue weighted by atomic mass is 32.1. The van der Waals surface area contributed by atoms with Gasteiger partial charge in [0.05, 0.1) is 0 Å². The van der Waals surface area contributed by atoms with Crippen molar-refractivity contribution in [1.29, 1.82) is 0 Å². The van der Waals surface area contributed by atoms with E-state index in [9.17, 15) is 8.78 Å². The minimum Gasteiger partial charge on any atom is -0.389 e. The zero-order valence-corrected chi connectivity index (χ0v) is 11.4. The number of fused-ring (bicyclic) bond motifs is 1. The average Bonchev–Trinajstić information content (AvgIpc) is 2.80. The Kier molecular flexibility index (Phi) is 3.14. The van der Waals surface area contributed by atoms with Crippen LogP contribution in [0.15, 0.2) is 36.4 Å². The number of halogens is 2. The molecule has 0 unspecified atom stereocenters. The maximum Gasteiger partial charge on any atom is 0.150 e. The molecule has 0 fully saturated rings. The molecule has 0 atom stereocenters. The molecular formula is C15H12F2N2S. The maximum atomic E-state index is 14.1. The molecule has 0 radical (unpaired) electrons. The van der Waals surface area contributed by atoms with Gasteiger partial charge >= 0.3 is 0 Å². The third-order valence-corrected chi connectivity index (χ3v) is 3.69. The van der Waals surface area contributed by atoms with Gasteiger partial charge in [-0.05, 0) is 23.3 Å². The van der Waals surface area contributed by atoms with Crippen LogP contribution in [0, 0.1) is 11.6 Å². The Morgan fingerprint density at radius 1 is 1.05 bits per heavy atom. The van der Waals surface area contributed by atoms with E-state index in [-0.39, 0.29) is 16.2 Å². The Bertz CT molecular complexity index is 652. The van der Waals surface area contributed by atoms with Crippen LogP contribution in [0.2, 0.25) is 0 Å². The first-order chi connectivity index (χ1) is 9.56. The van der Waals surface area contributed by atoms with Gasteiger partial charge in [0.25, 0.3) is 0 Å². The predicted molar refractivity (Wildman–Crippen MR) is 78.6 cm³/mol. The van der Waals surface area contributed by atoms with E-state index in [1.165, 1.54) is 12.1 Å². The Balaban J connectivity index is 1.99. The fourth-order valence-corrected chi connectivity index (χ4v) is 2.62. The molecule has 1 aliphatic rings. The lowest BCUT2D eigenvalue weighted by Gasteiger charge is -2.19. The van der Waals surface area contributed by atoms with Gasteiger partial charge in [0.15, 0.2) is 0 Å². The van der Waals surface area contributed by atoms with E-state index in [4.69, 9.17) is 18.0 Å². The van der Waals surface area contributed by atoms with Crippen molar-refractivity contribution in [2.45, 2.75) is 13.1 Å². The van der Waals surface area contributed by atoms with E-state index in [0.29, 0.717) is 13.1 Å². The second kappa shape index (κ2) is 4.83. The minimum atomic E-state index is -0.638. The van der Waals surface area contributed by atoms with Gasteiger partial charge in [0, 0.05) is 18.7 Å². The smallest absolute Gasteiger partial charge is 0.150 e. The molecule has 3 rings (SSSR count). The Labute approximate surface area is 120 Å². The Morgan fingerprint density at radius 3 is 2.00 bits per heavy atom. The lowest BCUT2D eigenvalue weighted by atomic mass is 10.1. The van der Waals surface area contributed by atoms with E-state index in [1.54, 1.807) is 4.90 Å². The fraction of sp³-hybridized carbons (Fsp3) is 0.133. The molecule has 0 aromatic heterocycles. The van der Waals surface area contributed by atoms with Crippen molar-refractivity contribution in [3.63, 3.8) is 0 Å². The lowest BCUT2D eigenvalue weighted by Crippen LogP contribution is -2.19. The molecule has 2 aromatic rings. The van der Waals surface area contributed by atoms with Crippen molar-refractivity contribution in [2.24, 2.45) is 5.73 Å². The summed E-state index contributed by atoms with van der Waals surface area (Å²) in [6.07, 6.45) is 0. The van der Waals surface area contributed by atoms with Crippen LogP contribution in [0.1, 0.15) is 16.7 Å². The van der Waals surface area contributed by atoms with Crippen molar-refractivity contribution in [3.05, 3.63) is 64.7 Å². The summed E-state index contributed by atoms with van der Waals surface area (Å²) in [6.45, 7) is 0.993. The van der Waals surface area contributed by atoms with Crippen molar-refractivity contribution >= 4 is 22.9 Å². The van der Waals surface area contributed by atoms with Gasteiger partial charge < -0.3 is 10.6 Å². The van der Waals surface area contributed by atoms with Crippen LogP contribution < -0.4 is 10.6 Å². The van der Waals surface area contributed by atoms with Crippen LogP contribution in [-0.4, -0.2) is 4.99 Å². The molecule has 2 N–H and O–H groups in total. The number of hydrogen-bond donors (Lipinski definition) is 1. The molecule has 5 heteroatoms. The summed E-state index contributed by atoms with van der Waals surface area (Å²) >= 11 is 4.75. The third kappa shape index (κ3) is 2.14. The zero-order chi connectivity index (χ0) is 14.3. The monoisotopic (exact) mass is 290 g/mol. The number of anilines is 1. The van der Waals surface area contributed by atoms with Crippen molar-refractivity contribution < 1.29 is 8.78 Å². The van der Waals surface area contributed by atoms with Crippen LogP contribution in [0.4, 0.5) is 14.5 Å². The number of benzene rings is 2. The van der Waals surface area contributed by atoms with Crippen LogP contribution in [0.5, 0.6) is 0 Å². The number of rotatable bonds is 2. The largest absolute Gasteiger partial charge is 0.389 e. The second-order valence-corrected chi connectivity index (χ2v) is 5.22. The second-order valence-electron chi connectivity index (χ2n) is 4.78. The van der Waals surface area contributed by atoms with Gasteiger partial charge in [-0.2, -0.15) is 0 Å². The highest BCUT2D eigenvalue weighted by molar-refractivity contribution is 7.80. The van der Waals surface area contributed by atoms with Crippen LogP contribution >= 0.6 is 12.2 Å². The van der Waals surface area contributed by atoms with E-state index in [2.05, 4.69) is 0 Å². The summed E-state index contributed by atoms with van der Waals surface area (Å²) in [4.78, 5) is 1.66. The van der Waals surface area contributed by atoms with Gasteiger partial charge in [-0.15, -0.1) is 0 Å². The van der Waals surface area contributed by atoms with Crippen LogP contribution in [0.3, 0.4) is 0 Å². The summed E-state index contributed by atoms with van der Waals surface area (Å²) < 4.78 is 28.3. The topological polar surface area (TPSA) is 29.3 Å². The molecule has 0 spiro atoms. The first kappa shape index (κ1) is 13.0. The van der Waals surface area contributed by atoms with Crippen molar-refractivity contribution in [3.8, 4) is 0 Å². The SMILES string of the molecule is NC(=S)c1cc(F)c(N2Cc3ccccc3C2)c(F)c1. The summed E-state index contributed by atoms with van der Waals surface area (Å²) in [5.41, 5.74) is 7.76. The number of nitrogens with zero attached hydrogens (tertiary/aromatic N) is 1. The molecule has 0 saturated carbocycles. The van der Waals surface area contributed by atoms with Gasteiger partial charge in [-0.25, -0.2) is 8.78 Å². The molecule has 2 aromatic carbocycles. The number of thiocarbonyl (C=S) groups is 1. The predicted octanol–water partition coefficient (Wildman–Crippen LogP) is 3.12. The first-order valence-corrected chi connectivity index (χ1v) is 6.57. The van der Waals surface area contributed by atoms with E-state index in [0.717, 1.165) is 11.1 Å². The molecular weight excluding hydrogens is 278 g/mol.